The van der Waals surface area contributed by atoms with Crippen LogP contribution in [0.2, 0.25) is 0 Å². The van der Waals surface area contributed by atoms with E-state index in [0.717, 1.165) is 24.2 Å². The molecule has 4 heteroatoms. The highest BCUT2D eigenvalue weighted by atomic mass is 19.1. The lowest BCUT2D eigenvalue weighted by atomic mass is 10.0. The number of anilines is 1. The summed E-state index contributed by atoms with van der Waals surface area (Å²) in [7, 11) is 0. The molecule has 88 valence electrons. The monoisotopic (exact) mass is 231 g/mol. The van der Waals surface area contributed by atoms with Gasteiger partial charge in [-0.15, -0.1) is 0 Å². The Morgan fingerprint density at radius 3 is 2.82 bits per heavy atom. The van der Waals surface area contributed by atoms with Gasteiger partial charge >= 0.3 is 0 Å². The number of nitrogen functional groups attached to an aromatic ring is 1. The minimum absolute atomic E-state index is 0.307. The van der Waals surface area contributed by atoms with E-state index in [9.17, 15) is 4.39 Å². The minimum atomic E-state index is -0.307. The van der Waals surface area contributed by atoms with E-state index < -0.39 is 0 Å². The largest absolute Gasteiger partial charge is 0.399 e. The van der Waals surface area contributed by atoms with E-state index in [1.807, 2.05) is 4.57 Å². The standard InChI is InChI=1S/C13H14FN3/c14-9-5-10(15)7-11(6-9)17-8-16-12-3-1-2-4-13(12)17/h5-8H,1-4,15H2. The fourth-order valence-electron chi connectivity index (χ4n) is 2.43. The molecule has 0 unspecified atom stereocenters. The third kappa shape index (κ3) is 1.79. The average molecular weight is 231 g/mol. The maximum atomic E-state index is 13.3. The molecule has 0 saturated heterocycles. The highest BCUT2D eigenvalue weighted by Gasteiger charge is 2.16. The van der Waals surface area contributed by atoms with E-state index in [1.54, 1.807) is 12.4 Å². The van der Waals surface area contributed by atoms with E-state index in [-0.39, 0.29) is 5.82 Å². The molecule has 0 amide bonds. The number of imidazole rings is 1. The van der Waals surface area contributed by atoms with Crippen molar-refractivity contribution in [2.75, 3.05) is 5.73 Å². The van der Waals surface area contributed by atoms with Gasteiger partial charge in [0, 0.05) is 11.4 Å². The number of benzene rings is 1. The van der Waals surface area contributed by atoms with Crippen LogP contribution in [0.3, 0.4) is 0 Å². The number of fused-ring (bicyclic) bond motifs is 1. The maximum Gasteiger partial charge on any atom is 0.127 e. The fourth-order valence-corrected chi connectivity index (χ4v) is 2.43. The summed E-state index contributed by atoms with van der Waals surface area (Å²) in [5, 5.41) is 0. The molecule has 1 aromatic carbocycles. The molecule has 0 radical (unpaired) electrons. The van der Waals surface area contributed by atoms with Crippen LogP contribution in [0.15, 0.2) is 24.5 Å². The molecule has 1 heterocycles. The second-order valence-corrected chi connectivity index (χ2v) is 4.46. The van der Waals surface area contributed by atoms with E-state index in [0.29, 0.717) is 5.69 Å². The molecule has 3 nitrogen and oxygen atoms in total. The molecule has 3 rings (SSSR count). The first-order valence-corrected chi connectivity index (χ1v) is 5.85. The second-order valence-electron chi connectivity index (χ2n) is 4.46. The minimum Gasteiger partial charge on any atom is -0.399 e. The topological polar surface area (TPSA) is 43.8 Å². The van der Waals surface area contributed by atoms with Crippen LogP contribution in [0, 0.1) is 5.82 Å². The lowest BCUT2D eigenvalue weighted by molar-refractivity contribution is 0.625. The van der Waals surface area contributed by atoms with Crippen molar-refractivity contribution < 1.29 is 4.39 Å². The van der Waals surface area contributed by atoms with Crippen molar-refractivity contribution in [1.29, 1.82) is 0 Å². The smallest absolute Gasteiger partial charge is 0.127 e. The SMILES string of the molecule is Nc1cc(F)cc(-n2cnc3c2CCCC3)c1. The molecule has 0 spiro atoms. The lowest BCUT2D eigenvalue weighted by Gasteiger charge is -2.14. The van der Waals surface area contributed by atoms with Crippen LogP contribution in [-0.4, -0.2) is 9.55 Å². The molecule has 0 fully saturated rings. The summed E-state index contributed by atoms with van der Waals surface area (Å²) in [6.07, 6.45) is 6.15. The van der Waals surface area contributed by atoms with Gasteiger partial charge < -0.3 is 10.3 Å². The van der Waals surface area contributed by atoms with Crippen molar-refractivity contribution in [2.24, 2.45) is 0 Å². The van der Waals surface area contributed by atoms with Crippen LogP contribution in [-0.2, 0) is 12.8 Å². The van der Waals surface area contributed by atoms with Gasteiger partial charge in [0.05, 0.1) is 17.7 Å². The van der Waals surface area contributed by atoms with Gasteiger partial charge in [0.2, 0.25) is 0 Å². The Morgan fingerprint density at radius 1 is 1.18 bits per heavy atom. The van der Waals surface area contributed by atoms with E-state index in [1.165, 1.54) is 30.7 Å². The number of hydrogen-bond acceptors (Lipinski definition) is 2. The number of halogens is 1. The van der Waals surface area contributed by atoms with Crippen LogP contribution >= 0.6 is 0 Å². The van der Waals surface area contributed by atoms with Gasteiger partial charge in [0.15, 0.2) is 0 Å². The first-order valence-electron chi connectivity index (χ1n) is 5.85. The van der Waals surface area contributed by atoms with Gasteiger partial charge in [-0.1, -0.05) is 0 Å². The zero-order valence-electron chi connectivity index (χ0n) is 9.49. The highest BCUT2D eigenvalue weighted by Crippen LogP contribution is 2.24. The van der Waals surface area contributed by atoms with Crippen molar-refractivity contribution in [1.82, 2.24) is 9.55 Å². The Labute approximate surface area is 99.1 Å². The Hall–Kier alpha value is -1.84. The van der Waals surface area contributed by atoms with Gasteiger partial charge in [-0.3, -0.25) is 0 Å². The van der Waals surface area contributed by atoms with Crippen molar-refractivity contribution in [3.05, 3.63) is 41.7 Å². The van der Waals surface area contributed by atoms with Crippen molar-refractivity contribution in [3.8, 4) is 5.69 Å². The van der Waals surface area contributed by atoms with Gasteiger partial charge in [-0.05, 0) is 43.9 Å². The van der Waals surface area contributed by atoms with Crippen molar-refractivity contribution in [2.45, 2.75) is 25.7 Å². The molecule has 1 aliphatic rings. The summed E-state index contributed by atoms with van der Waals surface area (Å²) < 4.78 is 15.3. The van der Waals surface area contributed by atoms with Crippen LogP contribution in [0.25, 0.3) is 5.69 Å². The number of nitrogens with two attached hydrogens (primary N) is 1. The second kappa shape index (κ2) is 3.87. The summed E-state index contributed by atoms with van der Waals surface area (Å²) in [5.41, 5.74) is 9.21. The average Bonchev–Trinajstić information content (AvgIpc) is 2.71. The molecule has 0 bridgehead atoms. The first kappa shape index (κ1) is 10.3. The molecule has 0 aliphatic heterocycles. The molecule has 2 aromatic rings. The number of aromatic nitrogens is 2. The van der Waals surface area contributed by atoms with Crippen molar-refractivity contribution >= 4 is 5.69 Å². The van der Waals surface area contributed by atoms with E-state index in [2.05, 4.69) is 4.98 Å². The quantitative estimate of drug-likeness (QED) is 0.766. The summed E-state index contributed by atoms with van der Waals surface area (Å²) in [4.78, 5) is 4.39. The molecule has 0 saturated carbocycles. The third-order valence-electron chi connectivity index (χ3n) is 3.21. The van der Waals surface area contributed by atoms with Crippen molar-refractivity contribution in [3.63, 3.8) is 0 Å². The summed E-state index contributed by atoms with van der Waals surface area (Å²) in [5.74, 6) is -0.307. The van der Waals surface area contributed by atoms with E-state index in [4.69, 9.17) is 5.73 Å². The zero-order chi connectivity index (χ0) is 11.8. The fraction of sp³-hybridized carbons (Fsp3) is 0.308. The molecular formula is C13H14FN3. The summed E-state index contributed by atoms with van der Waals surface area (Å²) in [6, 6.07) is 4.60. The van der Waals surface area contributed by atoms with Crippen LogP contribution in [0.1, 0.15) is 24.2 Å². The van der Waals surface area contributed by atoms with Gasteiger partial charge in [-0.25, -0.2) is 9.37 Å². The van der Waals surface area contributed by atoms with Gasteiger partial charge in [-0.2, -0.15) is 0 Å². The molecule has 17 heavy (non-hydrogen) atoms. The Balaban J connectivity index is 2.11. The molecular weight excluding hydrogens is 217 g/mol. The van der Waals surface area contributed by atoms with Gasteiger partial charge in [0.1, 0.15) is 5.82 Å². The molecule has 2 N–H and O–H groups in total. The predicted molar refractivity (Wildman–Crippen MR) is 64.6 cm³/mol. The Morgan fingerprint density at radius 2 is 2.00 bits per heavy atom. The van der Waals surface area contributed by atoms with Gasteiger partial charge in [0.25, 0.3) is 0 Å². The zero-order valence-corrected chi connectivity index (χ0v) is 9.49. The third-order valence-corrected chi connectivity index (χ3v) is 3.21. The van der Waals surface area contributed by atoms with E-state index >= 15 is 0 Å². The summed E-state index contributed by atoms with van der Waals surface area (Å²) >= 11 is 0. The first-order chi connectivity index (χ1) is 8.24. The number of hydrogen-bond donors (Lipinski definition) is 1. The molecule has 0 atom stereocenters. The Kier molecular flexibility index (Phi) is 2.35. The lowest BCUT2D eigenvalue weighted by Crippen LogP contribution is -2.07. The normalized spacial score (nSPS) is 14.6. The predicted octanol–water partition coefficient (Wildman–Crippen LogP) is 2.47. The molecule has 1 aromatic heterocycles. The van der Waals surface area contributed by atoms with Crippen LogP contribution in [0.4, 0.5) is 10.1 Å². The maximum absolute atomic E-state index is 13.3. The number of rotatable bonds is 1. The highest BCUT2D eigenvalue weighted by molar-refractivity contribution is 5.49. The number of aryl methyl sites for hydroxylation is 1. The van der Waals surface area contributed by atoms with Crippen LogP contribution in [0.5, 0.6) is 0 Å². The number of nitrogens with zero attached hydrogens (tertiary/aromatic N) is 2. The van der Waals surface area contributed by atoms with Crippen LogP contribution < -0.4 is 5.73 Å². The Bertz CT molecular complexity index is 540. The summed E-state index contributed by atoms with van der Waals surface area (Å²) in [6.45, 7) is 0. The molecule has 1 aliphatic carbocycles.